The molecule has 0 spiro atoms. The number of carbonyl (C=O) groups excluding carboxylic acids is 2. The molecule has 0 radical (unpaired) electrons. The summed E-state index contributed by atoms with van der Waals surface area (Å²) in [6.07, 6.45) is 2.56. The van der Waals surface area contributed by atoms with Crippen LogP contribution in [0.4, 0.5) is 5.69 Å². The second-order valence-electron chi connectivity index (χ2n) is 8.35. The first-order chi connectivity index (χ1) is 13.9. The molecule has 29 heavy (non-hydrogen) atoms. The molecular weight excluding hydrogens is 382 g/mol. The fourth-order valence-corrected chi connectivity index (χ4v) is 5.49. The van der Waals surface area contributed by atoms with Gasteiger partial charge in [0.05, 0.1) is 4.88 Å². The van der Waals surface area contributed by atoms with Gasteiger partial charge in [0.2, 0.25) is 5.91 Å². The van der Waals surface area contributed by atoms with E-state index in [1.807, 2.05) is 11.0 Å². The molecule has 2 amide bonds. The van der Waals surface area contributed by atoms with Gasteiger partial charge in [-0.05, 0) is 49.9 Å². The maximum atomic E-state index is 13.1. The summed E-state index contributed by atoms with van der Waals surface area (Å²) in [5, 5.41) is 0. The number of benzene rings is 1. The monoisotopic (exact) mass is 411 g/mol. The number of aryl methyl sites for hydroxylation is 2. The molecule has 0 unspecified atom stereocenters. The quantitative estimate of drug-likeness (QED) is 0.779. The summed E-state index contributed by atoms with van der Waals surface area (Å²) in [4.78, 5) is 33.5. The maximum absolute atomic E-state index is 13.1. The van der Waals surface area contributed by atoms with Crippen molar-refractivity contribution in [2.75, 3.05) is 45.2 Å². The van der Waals surface area contributed by atoms with Crippen molar-refractivity contribution < 1.29 is 9.59 Å². The van der Waals surface area contributed by atoms with Crippen LogP contribution in [0.2, 0.25) is 0 Å². The van der Waals surface area contributed by atoms with E-state index >= 15 is 0 Å². The second-order valence-corrected chi connectivity index (χ2v) is 9.48. The van der Waals surface area contributed by atoms with Crippen molar-refractivity contribution in [3.05, 3.63) is 51.2 Å². The van der Waals surface area contributed by atoms with Gasteiger partial charge in [-0.3, -0.25) is 9.59 Å². The molecule has 1 fully saturated rings. The normalized spacial score (nSPS) is 19.1. The molecule has 1 aromatic heterocycles. The third-order valence-electron chi connectivity index (χ3n) is 6.04. The summed E-state index contributed by atoms with van der Waals surface area (Å²) in [6, 6.07) is 10.6. The number of hydrogen-bond donors (Lipinski definition) is 0. The summed E-state index contributed by atoms with van der Waals surface area (Å²) in [7, 11) is 3.56. The van der Waals surface area contributed by atoms with Crippen molar-refractivity contribution in [3.8, 4) is 0 Å². The molecule has 4 rings (SSSR count). The predicted octanol–water partition coefficient (Wildman–Crippen LogP) is 3.21. The third kappa shape index (κ3) is 4.17. The largest absolute Gasteiger partial charge is 0.368 e. The Kier molecular flexibility index (Phi) is 5.63. The van der Waals surface area contributed by atoms with Crippen molar-refractivity contribution in [3.63, 3.8) is 0 Å². The highest BCUT2D eigenvalue weighted by atomic mass is 32.1. The van der Waals surface area contributed by atoms with Crippen LogP contribution in [0, 0.1) is 12.8 Å². The average Bonchev–Trinajstić information content (AvgIpc) is 3.16. The second kappa shape index (κ2) is 8.19. The van der Waals surface area contributed by atoms with Crippen molar-refractivity contribution in [2.45, 2.75) is 26.2 Å². The maximum Gasteiger partial charge on any atom is 0.263 e. The Morgan fingerprint density at radius 2 is 1.76 bits per heavy atom. The molecule has 0 saturated carbocycles. The molecule has 1 aromatic carbocycles. The summed E-state index contributed by atoms with van der Waals surface area (Å²) < 4.78 is 0. The Morgan fingerprint density at radius 3 is 2.41 bits per heavy atom. The van der Waals surface area contributed by atoms with E-state index in [2.05, 4.69) is 36.1 Å². The van der Waals surface area contributed by atoms with Crippen LogP contribution in [0.15, 0.2) is 30.3 Å². The van der Waals surface area contributed by atoms with Crippen LogP contribution in [-0.4, -0.2) is 61.9 Å². The molecule has 1 aliphatic heterocycles. The van der Waals surface area contributed by atoms with Crippen LogP contribution in [0.5, 0.6) is 0 Å². The minimum absolute atomic E-state index is 0.0466. The zero-order valence-electron chi connectivity index (χ0n) is 17.5. The molecule has 0 bridgehead atoms. The molecule has 2 aromatic rings. The number of anilines is 1. The smallest absolute Gasteiger partial charge is 0.263 e. The van der Waals surface area contributed by atoms with E-state index in [0.717, 1.165) is 50.3 Å². The van der Waals surface area contributed by atoms with Crippen LogP contribution in [0.25, 0.3) is 0 Å². The van der Waals surface area contributed by atoms with Crippen LogP contribution in [0.1, 0.15) is 32.1 Å². The first-order valence-electron chi connectivity index (χ1n) is 10.4. The van der Waals surface area contributed by atoms with Gasteiger partial charge in [-0.15, -0.1) is 11.3 Å². The molecule has 5 nitrogen and oxygen atoms in total. The van der Waals surface area contributed by atoms with E-state index in [1.54, 1.807) is 30.3 Å². The number of piperazine rings is 1. The van der Waals surface area contributed by atoms with Gasteiger partial charge in [-0.2, -0.15) is 0 Å². The highest BCUT2D eigenvalue weighted by molar-refractivity contribution is 7.14. The standard InChI is InChI=1S/C23H29N3O2S/c1-16-4-7-19(8-5-16)25-10-12-26(13-11-25)22(27)17-6-9-20-18(14-17)15-21(29-20)23(28)24(2)3/h4-5,7-8,15,17H,6,9-14H2,1-3H3/t17-/m1/s1. The highest BCUT2D eigenvalue weighted by Crippen LogP contribution is 2.34. The van der Waals surface area contributed by atoms with Gasteiger partial charge < -0.3 is 14.7 Å². The Morgan fingerprint density at radius 1 is 1.07 bits per heavy atom. The Labute approximate surface area is 176 Å². The van der Waals surface area contributed by atoms with E-state index in [-0.39, 0.29) is 17.7 Å². The van der Waals surface area contributed by atoms with Gasteiger partial charge in [0.1, 0.15) is 0 Å². The van der Waals surface area contributed by atoms with Crippen molar-refractivity contribution in [2.24, 2.45) is 5.92 Å². The summed E-state index contributed by atoms with van der Waals surface area (Å²) in [5.41, 5.74) is 3.70. The molecule has 1 aliphatic carbocycles. The number of carbonyl (C=O) groups is 2. The topological polar surface area (TPSA) is 43.9 Å². The number of rotatable bonds is 3. The minimum atomic E-state index is 0.0466. The minimum Gasteiger partial charge on any atom is -0.368 e. The molecule has 2 heterocycles. The fraction of sp³-hybridized carbons (Fsp3) is 0.478. The van der Waals surface area contributed by atoms with Crippen LogP contribution < -0.4 is 4.90 Å². The van der Waals surface area contributed by atoms with E-state index in [9.17, 15) is 9.59 Å². The average molecular weight is 412 g/mol. The predicted molar refractivity (Wildman–Crippen MR) is 118 cm³/mol. The molecule has 154 valence electrons. The first-order valence-corrected chi connectivity index (χ1v) is 11.2. The van der Waals surface area contributed by atoms with E-state index in [4.69, 9.17) is 0 Å². The van der Waals surface area contributed by atoms with Gasteiger partial charge in [-0.1, -0.05) is 17.7 Å². The summed E-state index contributed by atoms with van der Waals surface area (Å²) in [5.74, 6) is 0.385. The lowest BCUT2D eigenvalue weighted by atomic mass is 9.87. The first kappa shape index (κ1) is 20.0. The highest BCUT2D eigenvalue weighted by Gasteiger charge is 2.32. The third-order valence-corrected chi connectivity index (χ3v) is 7.26. The molecule has 6 heteroatoms. The lowest BCUT2D eigenvalue weighted by Gasteiger charge is -2.38. The molecule has 1 atom stereocenters. The van der Waals surface area contributed by atoms with Crippen molar-refractivity contribution in [1.29, 1.82) is 0 Å². The Bertz CT molecular complexity index is 895. The summed E-state index contributed by atoms with van der Waals surface area (Å²) >= 11 is 1.60. The summed E-state index contributed by atoms with van der Waals surface area (Å²) in [6.45, 7) is 5.43. The van der Waals surface area contributed by atoms with E-state index < -0.39 is 0 Å². The molecule has 1 saturated heterocycles. The van der Waals surface area contributed by atoms with Gasteiger partial charge in [0.15, 0.2) is 0 Å². The molecule has 0 N–H and O–H groups in total. The van der Waals surface area contributed by atoms with Gasteiger partial charge in [0, 0.05) is 56.8 Å². The number of thiophene rings is 1. The van der Waals surface area contributed by atoms with Crippen molar-refractivity contribution >= 4 is 28.8 Å². The lowest BCUT2D eigenvalue weighted by molar-refractivity contribution is -0.136. The zero-order chi connectivity index (χ0) is 20.5. The van der Waals surface area contributed by atoms with Crippen molar-refractivity contribution in [1.82, 2.24) is 9.80 Å². The van der Waals surface area contributed by atoms with Gasteiger partial charge in [0.25, 0.3) is 5.91 Å². The molecule has 2 aliphatic rings. The van der Waals surface area contributed by atoms with Gasteiger partial charge in [-0.25, -0.2) is 0 Å². The number of amides is 2. The number of fused-ring (bicyclic) bond motifs is 1. The zero-order valence-corrected chi connectivity index (χ0v) is 18.3. The SMILES string of the molecule is Cc1ccc(N2CCN(C(=O)[C@@H]3CCc4sc(C(=O)N(C)C)cc4C3)CC2)cc1. The lowest BCUT2D eigenvalue weighted by Crippen LogP contribution is -2.51. The van der Waals surface area contributed by atoms with Crippen LogP contribution in [-0.2, 0) is 17.6 Å². The molecular formula is C23H29N3O2S. The Balaban J connectivity index is 1.36. The van der Waals surface area contributed by atoms with Crippen LogP contribution in [0.3, 0.4) is 0 Å². The number of nitrogens with zero attached hydrogens (tertiary/aromatic N) is 3. The van der Waals surface area contributed by atoms with E-state index in [0.29, 0.717) is 0 Å². The van der Waals surface area contributed by atoms with Gasteiger partial charge >= 0.3 is 0 Å². The van der Waals surface area contributed by atoms with E-state index in [1.165, 1.54) is 21.7 Å². The fourth-order valence-electron chi connectivity index (χ4n) is 4.26. The Hall–Kier alpha value is -2.34. The number of hydrogen-bond acceptors (Lipinski definition) is 4. The van der Waals surface area contributed by atoms with Crippen LogP contribution >= 0.6 is 11.3 Å².